The molecule has 120 valence electrons. The summed E-state index contributed by atoms with van der Waals surface area (Å²) in [5.74, 6) is -1.77. The zero-order valence-corrected chi connectivity index (χ0v) is 13.2. The van der Waals surface area contributed by atoms with E-state index in [1.807, 2.05) is 13.8 Å². The predicted octanol–water partition coefficient (Wildman–Crippen LogP) is -0.0204. The van der Waals surface area contributed by atoms with Crippen LogP contribution in [0.15, 0.2) is 0 Å². The van der Waals surface area contributed by atoms with E-state index in [0.717, 1.165) is 0 Å². The van der Waals surface area contributed by atoms with Crippen molar-refractivity contribution in [2.75, 3.05) is 25.4 Å². The van der Waals surface area contributed by atoms with Gasteiger partial charge in [-0.2, -0.15) is 4.31 Å². The van der Waals surface area contributed by atoms with Crippen LogP contribution in [0.4, 0.5) is 0 Å². The largest absolute Gasteiger partial charge is 0.481 e. The van der Waals surface area contributed by atoms with Crippen LogP contribution in [0.5, 0.6) is 0 Å². The van der Waals surface area contributed by atoms with Crippen LogP contribution in [0.2, 0.25) is 0 Å². The Hall–Kier alpha value is -1.15. The van der Waals surface area contributed by atoms with E-state index in [1.54, 1.807) is 0 Å². The molecule has 1 amide bonds. The first-order valence-corrected chi connectivity index (χ1v) is 8.86. The van der Waals surface area contributed by atoms with Crippen LogP contribution in [0, 0.1) is 11.8 Å². The first-order valence-electron chi connectivity index (χ1n) is 7.25. The van der Waals surface area contributed by atoms with Gasteiger partial charge in [0.15, 0.2) is 0 Å². The van der Waals surface area contributed by atoms with Gasteiger partial charge in [-0.1, -0.05) is 13.8 Å². The van der Waals surface area contributed by atoms with Gasteiger partial charge in [0.1, 0.15) is 6.04 Å². The fourth-order valence-corrected chi connectivity index (χ4v) is 4.88. The van der Waals surface area contributed by atoms with E-state index in [1.165, 1.54) is 9.21 Å². The Morgan fingerprint density at radius 2 is 1.90 bits per heavy atom. The van der Waals surface area contributed by atoms with Gasteiger partial charge in [-0.05, 0) is 18.8 Å². The summed E-state index contributed by atoms with van der Waals surface area (Å²) in [5.41, 5.74) is 0. The molecule has 2 heterocycles. The van der Waals surface area contributed by atoms with Crippen LogP contribution >= 0.6 is 0 Å². The fraction of sp³-hybridized carbons (Fsp3) is 0.846. The minimum Gasteiger partial charge on any atom is -0.481 e. The van der Waals surface area contributed by atoms with Crippen molar-refractivity contribution in [2.24, 2.45) is 11.8 Å². The molecule has 2 aliphatic heterocycles. The lowest BCUT2D eigenvalue weighted by atomic mass is 10.0. The van der Waals surface area contributed by atoms with Gasteiger partial charge in [0.25, 0.3) is 0 Å². The quantitative estimate of drug-likeness (QED) is 0.786. The maximum Gasteiger partial charge on any atom is 0.308 e. The number of amides is 1. The first-order chi connectivity index (χ1) is 9.74. The van der Waals surface area contributed by atoms with E-state index in [4.69, 9.17) is 5.11 Å². The second kappa shape index (κ2) is 5.92. The van der Waals surface area contributed by atoms with E-state index in [2.05, 4.69) is 0 Å². The van der Waals surface area contributed by atoms with Crippen molar-refractivity contribution in [1.29, 1.82) is 0 Å². The fourth-order valence-electron chi connectivity index (χ4n) is 3.06. The topological polar surface area (TPSA) is 95.0 Å². The third-order valence-corrected chi connectivity index (χ3v) is 6.11. The number of carbonyl (C=O) groups is 2. The SMILES string of the molecule is CC(C)C(C(=O)N1CCC(C(=O)O)C1)N1CCCS1(=O)=O. The molecule has 8 heteroatoms. The summed E-state index contributed by atoms with van der Waals surface area (Å²) in [5, 5.41) is 9.01. The van der Waals surface area contributed by atoms with Crippen LogP contribution < -0.4 is 0 Å². The number of rotatable bonds is 4. The molecule has 2 fully saturated rings. The summed E-state index contributed by atoms with van der Waals surface area (Å²) >= 11 is 0. The Morgan fingerprint density at radius 3 is 2.33 bits per heavy atom. The van der Waals surface area contributed by atoms with Gasteiger partial charge in [0, 0.05) is 19.6 Å². The van der Waals surface area contributed by atoms with Crippen molar-refractivity contribution in [3.8, 4) is 0 Å². The van der Waals surface area contributed by atoms with Crippen molar-refractivity contribution in [3.63, 3.8) is 0 Å². The van der Waals surface area contributed by atoms with Crippen LogP contribution in [-0.2, 0) is 19.6 Å². The average Bonchev–Trinajstić information content (AvgIpc) is 2.96. The zero-order valence-electron chi connectivity index (χ0n) is 12.4. The monoisotopic (exact) mass is 318 g/mol. The van der Waals surface area contributed by atoms with E-state index in [0.29, 0.717) is 25.9 Å². The molecule has 2 unspecified atom stereocenters. The van der Waals surface area contributed by atoms with Gasteiger partial charge in [-0.25, -0.2) is 8.42 Å². The summed E-state index contributed by atoms with van der Waals surface area (Å²) in [4.78, 5) is 25.1. The standard InChI is InChI=1S/C13H22N2O5S/c1-9(2)11(15-5-3-7-21(15,19)20)12(16)14-6-4-10(8-14)13(17)18/h9-11H,3-8H2,1-2H3,(H,17,18). The molecule has 0 saturated carbocycles. The van der Waals surface area contributed by atoms with Crippen molar-refractivity contribution < 1.29 is 23.1 Å². The lowest BCUT2D eigenvalue weighted by molar-refractivity contribution is -0.141. The summed E-state index contributed by atoms with van der Waals surface area (Å²) in [7, 11) is -3.37. The molecule has 2 atom stereocenters. The molecular formula is C13H22N2O5S. The van der Waals surface area contributed by atoms with Gasteiger partial charge in [0.2, 0.25) is 15.9 Å². The van der Waals surface area contributed by atoms with Gasteiger partial charge >= 0.3 is 5.97 Å². The number of carbonyl (C=O) groups excluding carboxylic acids is 1. The smallest absolute Gasteiger partial charge is 0.308 e. The van der Waals surface area contributed by atoms with E-state index < -0.39 is 28.0 Å². The van der Waals surface area contributed by atoms with Crippen molar-refractivity contribution in [1.82, 2.24) is 9.21 Å². The first kappa shape index (κ1) is 16.2. The number of nitrogens with zero attached hydrogens (tertiary/aromatic N) is 2. The summed E-state index contributed by atoms with van der Waals surface area (Å²) in [6, 6.07) is -0.718. The highest BCUT2D eigenvalue weighted by atomic mass is 32.2. The van der Waals surface area contributed by atoms with Gasteiger partial charge in [-0.15, -0.1) is 0 Å². The number of carboxylic acid groups (broad SMARTS) is 1. The Labute approximate surface area is 125 Å². The minimum absolute atomic E-state index is 0.0846. The second-order valence-electron chi connectivity index (χ2n) is 6.08. The van der Waals surface area contributed by atoms with Crippen LogP contribution in [0.1, 0.15) is 26.7 Å². The highest BCUT2D eigenvalue weighted by molar-refractivity contribution is 7.89. The molecule has 0 bridgehead atoms. The highest BCUT2D eigenvalue weighted by Crippen LogP contribution is 2.26. The molecule has 7 nitrogen and oxygen atoms in total. The van der Waals surface area contributed by atoms with Crippen molar-refractivity contribution in [2.45, 2.75) is 32.7 Å². The Bertz CT molecular complexity index is 531. The summed E-state index contributed by atoms with van der Waals surface area (Å²) < 4.78 is 25.4. The summed E-state index contributed by atoms with van der Waals surface area (Å²) in [6.07, 6.45) is 0.967. The summed E-state index contributed by atoms with van der Waals surface area (Å²) in [6.45, 7) is 4.56. The van der Waals surface area contributed by atoms with Gasteiger partial charge in [0.05, 0.1) is 11.7 Å². The van der Waals surface area contributed by atoms with E-state index >= 15 is 0 Å². The molecule has 1 N–H and O–H groups in total. The highest BCUT2D eigenvalue weighted by Gasteiger charge is 2.43. The molecule has 21 heavy (non-hydrogen) atoms. The minimum atomic E-state index is -3.37. The molecule has 0 spiro atoms. The van der Waals surface area contributed by atoms with E-state index in [-0.39, 0.29) is 24.1 Å². The van der Waals surface area contributed by atoms with E-state index in [9.17, 15) is 18.0 Å². The average molecular weight is 318 g/mol. The van der Waals surface area contributed by atoms with Crippen LogP contribution in [0.3, 0.4) is 0 Å². The number of aliphatic carboxylic acids is 1. The molecule has 0 aliphatic carbocycles. The number of hydrogen-bond acceptors (Lipinski definition) is 4. The number of carboxylic acids is 1. The zero-order chi connectivity index (χ0) is 15.8. The number of hydrogen-bond donors (Lipinski definition) is 1. The number of sulfonamides is 1. The Kier molecular flexibility index (Phi) is 4.57. The molecule has 2 rings (SSSR count). The van der Waals surface area contributed by atoms with Crippen molar-refractivity contribution in [3.05, 3.63) is 0 Å². The predicted molar refractivity (Wildman–Crippen MR) is 76.1 cm³/mol. The van der Waals surface area contributed by atoms with Crippen molar-refractivity contribution >= 4 is 21.9 Å². The maximum absolute atomic E-state index is 12.7. The molecule has 2 saturated heterocycles. The Balaban J connectivity index is 2.16. The second-order valence-corrected chi connectivity index (χ2v) is 8.12. The van der Waals surface area contributed by atoms with Gasteiger partial charge in [-0.3, -0.25) is 9.59 Å². The number of likely N-dealkylation sites (tertiary alicyclic amines) is 1. The maximum atomic E-state index is 12.7. The van der Waals surface area contributed by atoms with Gasteiger partial charge < -0.3 is 10.0 Å². The lowest BCUT2D eigenvalue weighted by Crippen LogP contribution is -2.51. The molecule has 0 radical (unpaired) electrons. The lowest BCUT2D eigenvalue weighted by Gasteiger charge is -2.32. The van der Waals surface area contributed by atoms with Crippen LogP contribution in [0.25, 0.3) is 0 Å². The normalized spacial score (nSPS) is 27.2. The molecule has 0 aromatic carbocycles. The molecular weight excluding hydrogens is 296 g/mol. The third-order valence-electron chi connectivity index (χ3n) is 4.18. The molecule has 2 aliphatic rings. The molecule has 0 aromatic rings. The Morgan fingerprint density at radius 1 is 1.24 bits per heavy atom. The van der Waals surface area contributed by atoms with Crippen LogP contribution in [-0.4, -0.2) is 66.0 Å². The molecule has 0 aromatic heterocycles. The third kappa shape index (κ3) is 3.21.